The minimum atomic E-state index is -0.447. The Balaban J connectivity index is 1.74. The van der Waals surface area contributed by atoms with Crippen LogP contribution in [0.4, 0.5) is 0 Å². The van der Waals surface area contributed by atoms with E-state index in [2.05, 4.69) is 15.8 Å². The number of allylic oxidation sites excluding steroid dienone is 1. The molecule has 2 rings (SSSR count). The summed E-state index contributed by atoms with van der Waals surface area (Å²) in [5, 5.41) is 6.86. The minimum absolute atomic E-state index is 0.210. The molecule has 0 fully saturated rings. The lowest BCUT2D eigenvalue weighted by Gasteiger charge is -2.05. The highest BCUT2D eigenvalue weighted by molar-refractivity contribution is 6.42. The van der Waals surface area contributed by atoms with E-state index in [1.807, 2.05) is 36.4 Å². The second-order valence-corrected chi connectivity index (χ2v) is 5.71. The number of hydrogen-bond acceptors (Lipinski definition) is 3. The molecule has 0 radical (unpaired) electrons. The number of halogens is 2. The number of hydrogen-bond donors (Lipinski definition) is 2. The Bertz CT molecular complexity index is 805. The molecule has 0 saturated carbocycles. The number of nitrogens with zero attached hydrogens (tertiary/aromatic N) is 1. The number of nitrogens with one attached hydrogen (secondary N) is 2. The predicted molar refractivity (Wildman–Crippen MR) is 101 cm³/mol. The molecule has 0 heterocycles. The van der Waals surface area contributed by atoms with Crippen LogP contribution in [0.2, 0.25) is 10.0 Å². The van der Waals surface area contributed by atoms with Gasteiger partial charge in [0.1, 0.15) is 0 Å². The van der Waals surface area contributed by atoms with Crippen LogP contribution in [0.3, 0.4) is 0 Å². The highest BCUT2D eigenvalue weighted by Gasteiger charge is 2.09. The lowest BCUT2D eigenvalue weighted by atomic mass is 10.2. The molecule has 0 aliphatic rings. The molecule has 25 heavy (non-hydrogen) atoms. The highest BCUT2D eigenvalue weighted by Crippen LogP contribution is 2.22. The van der Waals surface area contributed by atoms with Crippen LogP contribution in [0.15, 0.2) is 59.7 Å². The van der Waals surface area contributed by atoms with Gasteiger partial charge in [-0.2, -0.15) is 5.10 Å². The summed E-state index contributed by atoms with van der Waals surface area (Å²) in [5.41, 5.74) is 3.65. The molecular weight excluding hydrogens is 361 g/mol. The molecule has 0 aliphatic carbocycles. The van der Waals surface area contributed by atoms with Crippen LogP contribution < -0.4 is 10.7 Å². The molecule has 0 saturated heterocycles. The second-order valence-electron chi connectivity index (χ2n) is 4.89. The minimum Gasteiger partial charge on any atom is -0.343 e. The van der Waals surface area contributed by atoms with Crippen molar-refractivity contribution in [1.29, 1.82) is 0 Å². The predicted octanol–water partition coefficient (Wildman–Crippen LogP) is 3.54. The Labute approximate surface area is 155 Å². The summed E-state index contributed by atoms with van der Waals surface area (Å²) in [4.78, 5) is 23.5. The molecule has 0 atom stereocenters. The van der Waals surface area contributed by atoms with Gasteiger partial charge in [0.25, 0.3) is 11.8 Å². The van der Waals surface area contributed by atoms with Crippen molar-refractivity contribution in [2.45, 2.75) is 0 Å². The quantitative estimate of drug-likeness (QED) is 0.598. The van der Waals surface area contributed by atoms with Crippen molar-refractivity contribution in [3.8, 4) is 0 Å². The molecule has 0 spiro atoms. The molecular formula is C18H15Cl2N3O2. The zero-order valence-electron chi connectivity index (χ0n) is 13.1. The molecule has 2 aromatic rings. The van der Waals surface area contributed by atoms with Gasteiger partial charge in [-0.1, -0.05) is 59.6 Å². The van der Waals surface area contributed by atoms with E-state index in [0.717, 1.165) is 5.56 Å². The number of hydrazone groups is 1. The van der Waals surface area contributed by atoms with E-state index >= 15 is 0 Å². The van der Waals surface area contributed by atoms with Crippen LogP contribution in [0, 0.1) is 0 Å². The highest BCUT2D eigenvalue weighted by atomic mass is 35.5. The fourth-order valence-electron chi connectivity index (χ4n) is 1.81. The molecule has 0 aliphatic heterocycles. The van der Waals surface area contributed by atoms with E-state index in [9.17, 15) is 9.59 Å². The van der Waals surface area contributed by atoms with E-state index in [4.69, 9.17) is 23.2 Å². The SMILES string of the molecule is O=C(CNC(=O)c1ccc(Cl)c(Cl)c1)N/N=C\C=C\c1ccccc1. The number of benzene rings is 2. The van der Waals surface area contributed by atoms with Crippen molar-refractivity contribution >= 4 is 47.3 Å². The Hall–Kier alpha value is -2.63. The molecule has 7 heteroatoms. The Morgan fingerprint density at radius 2 is 1.80 bits per heavy atom. The van der Waals surface area contributed by atoms with Crippen molar-refractivity contribution in [2.75, 3.05) is 6.54 Å². The first-order chi connectivity index (χ1) is 12.1. The van der Waals surface area contributed by atoms with Gasteiger partial charge in [-0.15, -0.1) is 0 Å². The first kappa shape index (κ1) is 18.7. The molecule has 0 unspecified atom stereocenters. The summed E-state index contributed by atoms with van der Waals surface area (Å²) in [6.07, 6.45) is 5.00. The van der Waals surface area contributed by atoms with Crippen LogP contribution >= 0.6 is 23.2 Å². The van der Waals surface area contributed by atoms with E-state index in [1.165, 1.54) is 24.4 Å². The molecule has 2 N–H and O–H groups in total. The fourth-order valence-corrected chi connectivity index (χ4v) is 2.11. The topological polar surface area (TPSA) is 70.6 Å². The zero-order chi connectivity index (χ0) is 18.1. The number of rotatable bonds is 6. The molecule has 0 aromatic heterocycles. The van der Waals surface area contributed by atoms with Gasteiger partial charge >= 0.3 is 0 Å². The van der Waals surface area contributed by atoms with E-state index < -0.39 is 11.8 Å². The maximum atomic E-state index is 11.9. The average molecular weight is 376 g/mol. The molecule has 0 bridgehead atoms. The molecule has 5 nitrogen and oxygen atoms in total. The van der Waals surface area contributed by atoms with Crippen LogP contribution in [-0.4, -0.2) is 24.6 Å². The smallest absolute Gasteiger partial charge is 0.259 e. The van der Waals surface area contributed by atoms with E-state index in [-0.39, 0.29) is 11.6 Å². The lowest BCUT2D eigenvalue weighted by molar-refractivity contribution is -0.120. The van der Waals surface area contributed by atoms with Crippen LogP contribution in [-0.2, 0) is 4.79 Å². The largest absolute Gasteiger partial charge is 0.343 e. The van der Waals surface area contributed by atoms with Gasteiger partial charge in [0.2, 0.25) is 0 Å². The normalized spacial score (nSPS) is 11.0. The summed E-state index contributed by atoms with van der Waals surface area (Å²) in [7, 11) is 0. The van der Waals surface area contributed by atoms with Crippen LogP contribution in [0.25, 0.3) is 6.08 Å². The first-order valence-corrected chi connectivity index (χ1v) is 8.09. The summed E-state index contributed by atoms with van der Waals surface area (Å²) in [6, 6.07) is 14.1. The summed E-state index contributed by atoms with van der Waals surface area (Å²) in [5.74, 6) is -0.876. The third-order valence-corrected chi connectivity index (χ3v) is 3.77. The number of amides is 2. The van der Waals surface area contributed by atoms with Gasteiger partial charge in [0.15, 0.2) is 0 Å². The van der Waals surface area contributed by atoms with Gasteiger partial charge in [0.05, 0.1) is 16.6 Å². The number of carbonyl (C=O) groups excluding carboxylic acids is 2. The molecule has 2 amide bonds. The van der Waals surface area contributed by atoms with Crippen molar-refractivity contribution < 1.29 is 9.59 Å². The van der Waals surface area contributed by atoms with Crippen molar-refractivity contribution in [2.24, 2.45) is 5.10 Å². The van der Waals surface area contributed by atoms with Crippen LogP contribution in [0.5, 0.6) is 0 Å². The van der Waals surface area contributed by atoms with Crippen molar-refractivity contribution in [3.05, 3.63) is 75.8 Å². The number of carbonyl (C=O) groups is 2. The maximum Gasteiger partial charge on any atom is 0.259 e. The lowest BCUT2D eigenvalue weighted by Crippen LogP contribution is -2.34. The van der Waals surface area contributed by atoms with Gasteiger partial charge < -0.3 is 5.32 Å². The molecule has 128 valence electrons. The first-order valence-electron chi connectivity index (χ1n) is 7.33. The van der Waals surface area contributed by atoms with Crippen molar-refractivity contribution in [3.63, 3.8) is 0 Å². The third kappa shape index (κ3) is 6.41. The van der Waals surface area contributed by atoms with Crippen LogP contribution in [0.1, 0.15) is 15.9 Å². The zero-order valence-corrected chi connectivity index (χ0v) is 14.6. The van der Waals surface area contributed by atoms with Crippen molar-refractivity contribution in [1.82, 2.24) is 10.7 Å². The van der Waals surface area contributed by atoms with E-state index in [0.29, 0.717) is 10.6 Å². The Kier molecular flexibility index (Phi) is 7.19. The summed E-state index contributed by atoms with van der Waals surface area (Å²) < 4.78 is 0. The monoisotopic (exact) mass is 375 g/mol. The Morgan fingerprint density at radius 3 is 2.52 bits per heavy atom. The summed E-state index contributed by atoms with van der Waals surface area (Å²) in [6.45, 7) is -0.210. The standard InChI is InChI=1S/C18H15Cl2N3O2/c19-15-9-8-14(11-16(15)20)18(25)21-12-17(24)23-22-10-4-7-13-5-2-1-3-6-13/h1-11H,12H2,(H,21,25)(H,23,24)/b7-4+,22-10-. The second kappa shape index (κ2) is 9.61. The fraction of sp³-hybridized carbons (Fsp3) is 0.0556. The third-order valence-electron chi connectivity index (χ3n) is 3.03. The maximum absolute atomic E-state index is 11.9. The van der Waals surface area contributed by atoms with Gasteiger partial charge in [-0.05, 0) is 29.8 Å². The Morgan fingerprint density at radius 1 is 1.04 bits per heavy atom. The molecule has 2 aromatic carbocycles. The van der Waals surface area contributed by atoms with Gasteiger partial charge in [-0.25, -0.2) is 5.43 Å². The summed E-state index contributed by atoms with van der Waals surface area (Å²) >= 11 is 11.6. The van der Waals surface area contributed by atoms with E-state index in [1.54, 1.807) is 6.08 Å². The average Bonchev–Trinajstić information content (AvgIpc) is 2.62. The van der Waals surface area contributed by atoms with Gasteiger partial charge in [-0.3, -0.25) is 9.59 Å². The van der Waals surface area contributed by atoms with Gasteiger partial charge in [0, 0.05) is 11.8 Å².